The largest absolute Gasteiger partial charge is 0.361 e. The molecule has 2 aromatic heterocycles. The smallest absolute Gasteiger partial charge is 0.271 e. The molecule has 10 heteroatoms. The fourth-order valence-corrected chi connectivity index (χ4v) is 4.16. The van der Waals surface area contributed by atoms with E-state index in [0.717, 1.165) is 21.4 Å². The van der Waals surface area contributed by atoms with E-state index in [1.165, 1.54) is 11.3 Å². The van der Waals surface area contributed by atoms with Crippen molar-refractivity contribution in [2.45, 2.75) is 18.4 Å². The summed E-state index contributed by atoms with van der Waals surface area (Å²) >= 11 is 1.29. The molecule has 1 aliphatic heterocycles. The highest BCUT2D eigenvalue weighted by atomic mass is 32.1. The Labute approximate surface area is 168 Å². The number of nitriles is 1. The highest BCUT2D eigenvalue weighted by molar-refractivity contribution is 7.13. The topological polar surface area (TPSA) is 102 Å². The highest BCUT2D eigenvalue weighted by Gasteiger charge is 2.47. The van der Waals surface area contributed by atoms with Gasteiger partial charge in [-0.15, -0.1) is 11.3 Å². The van der Waals surface area contributed by atoms with Gasteiger partial charge in [-0.25, -0.2) is 13.8 Å². The van der Waals surface area contributed by atoms with Crippen molar-refractivity contribution in [3.05, 3.63) is 41.5 Å². The maximum Gasteiger partial charge on any atom is 0.271 e. The molecule has 0 bridgehead atoms. The number of thiazole rings is 1. The van der Waals surface area contributed by atoms with E-state index in [9.17, 15) is 18.4 Å². The third kappa shape index (κ3) is 3.69. The molecule has 0 spiro atoms. The fourth-order valence-electron chi connectivity index (χ4n) is 3.32. The van der Waals surface area contributed by atoms with E-state index in [-0.39, 0.29) is 5.69 Å². The van der Waals surface area contributed by atoms with Gasteiger partial charge in [0.05, 0.1) is 19.2 Å². The molecule has 2 amide bonds. The Morgan fingerprint density at radius 1 is 1.41 bits per heavy atom. The minimum absolute atomic E-state index is 0.133. The van der Waals surface area contributed by atoms with Gasteiger partial charge in [0, 0.05) is 34.5 Å². The zero-order chi connectivity index (χ0) is 20.6. The van der Waals surface area contributed by atoms with Gasteiger partial charge in [-0.1, -0.05) is 12.1 Å². The van der Waals surface area contributed by atoms with Crippen molar-refractivity contribution in [3.8, 4) is 16.6 Å². The zero-order valence-electron chi connectivity index (χ0n) is 15.0. The summed E-state index contributed by atoms with van der Waals surface area (Å²) in [5.74, 6) is -4.40. The number of halogens is 2. The lowest BCUT2D eigenvalue weighted by Gasteiger charge is -2.19. The van der Waals surface area contributed by atoms with Crippen LogP contribution in [0.15, 0.2) is 35.8 Å². The monoisotopic (exact) mass is 415 g/mol. The van der Waals surface area contributed by atoms with Crippen LogP contribution in [-0.4, -0.2) is 51.7 Å². The number of likely N-dealkylation sites (tertiary alicyclic amines) is 1. The number of H-pyrrole nitrogens is 1. The molecule has 1 fully saturated rings. The summed E-state index contributed by atoms with van der Waals surface area (Å²) in [6, 6.07) is 8.14. The van der Waals surface area contributed by atoms with E-state index in [1.54, 1.807) is 11.4 Å². The van der Waals surface area contributed by atoms with Crippen molar-refractivity contribution < 1.29 is 18.4 Å². The second kappa shape index (κ2) is 7.25. The minimum atomic E-state index is -3.09. The number of aromatic amines is 1. The molecule has 0 saturated carbocycles. The van der Waals surface area contributed by atoms with Gasteiger partial charge in [-0.2, -0.15) is 5.26 Å². The Balaban J connectivity index is 1.43. The van der Waals surface area contributed by atoms with Gasteiger partial charge in [0.1, 0.15) is 16.7 Å². The maximum atomic E-state index is 13.5. The van der Waals surface area contributed by atoms with E-state index in [2.05, 4.69) is 15.3 Å². The van der Waals surface area contributed by atoms with Crippen molar-refractivity contribution in [1.82, 2.24) is 20.2 Å². The molecule has 7 nitrogen and oxygen atoms in total. The van der Waals surface area contributed by atoms with Gasteiger partial charge in [0.2, 0.25) is 5.91 Å². The molecular formula is C19H15F2N5O2S. The number of rotatable bonds is 4. The Bertz CT molecular complexity index is 1130. The number of amides is 2. The first-order valence-corrected chi connectivity index (χ1v) is 9.63. The number of carbonyl (C=O) groups excluding carboxylic acids is 2. The quantitative estimate of drug-likeness (QED) is 0.684. The Kier molecular flexibility index (Phi) is 4.76. The second-order valence-corrected chi connectivity index (χ2v) is 7.55. The summed E-state index contributed by atoms with van der Waals surface area (Å²) in [5, 5.41) is 14.6. The molecule has 148 valence electrons. The summed E-state index contributed by atoms with van der Waals surface area (Å²) < 4.78 is 26.9. The van der Waals surface area contributed by atoms with Crippen LogP contribution < -0.4 is 5.32 Å². The number of benzene rings is 1. The maximum absolute atomic E-state index is 13.5. The van der Waals surface area contributed by atoms with Crippen LogP contribution in [0.4, 0.5) is 8.78 Å². The third-order valence-electron chi connectivity index (χ3n) is 4.70. The predicted octanol–water partition coefficient (Wildman–Crippen LogP) is 2.78. The standard InChI is InChI=1S/C19H15F2N5O2S/c20-19(21)6-11(7-22)26(10-19)16(27)8-24-17(28)15-9-29-18(25-15)13-2-1-3-14-12(13)4-5-23-14/h1-5,9,11,23H,6,8,10H2,(H,24,28)/t11-/m0/s1. The van der Waals surface area contributed by atoms with E-state index >= 15 is 0 Å². The zero-order valence-corrected chi connectivity index (χ0v) is 15.8. The highest BCUT2D eigenvalue weighted by Crippen LogP contribution is 2.32. The van der Waals surface area contributed by atoms with Crippen LogP contribution in [0.5, 0.6) is 0 Å². The lowest BCUT2D eigenvalue weighted by Crippen LogP contribution is -2.43. The number of hydrogen-bond donors (Lipinski definition) is 2. The summed E-state index contributed by atoms with van der Waals surface area (Å²) in [6.45, 7) is -1.30. The Hall–Kier alpha value is -3.32. The van der Waals surface area contributed by atoms with Gasteiger partial charge in [0.25, 0.3) is 11.8 Å². The third-order valence-corrected chi connectivity index (χ3v) is 5.58. The van der Waals surface area contributed by atoms with Crippen LogP contribution in [0.3, 0.4) is 0 Å². The number of hydrogen-bond acceptors (Lipinski definition) is 5. The summed E-state index contributed by atoms with van der Waals surface area (Å²) in [7, 11) is 0. The van der Waals surface area contributed by atoms with Crippen molar-refractivity contribution in [2.75, 3.05) is 13.1 Å². The molecule has 0 aliphatic carbocycles. The predicted molar refractivity (Wildman–Crippen MR) is 102 cm³/mol. The average molecular weight is 415 g/mol. The molecule has 1 aliphatic rings. The summed E-state index contributed by atoms with van der Waals surface area (Å²) in [4.78, 5) is 32.8. The van der Waals surface area contributed by atoms with Crippen LogP contribution in [0.25, 0.3) is 21.5 Å². The minimum Gasteiger partial charge on any atom is -0.361 e. The SMILES string of the molecule is N#C[C@@H]1CC(F)(F)CN1C(=O)CNC(=O)c1csc(-c2cccc3[nH]ccc23)n1. The Morgan fingerprint density at radius 3 is 3.03 bits per heavy atom. The molecule has 0 unspecified atom stereocenters. The van der Waals surface area contributed by atoms with Crippen LogP contribution in [0.2, 0.25) is 0 Å². The first-order valence-electron chi connectivity index (χ1n) is 8.75. The molecule has 1 atom stereocenters. The molecule has 3 aromatic rings. The van der Waals surface area contributed by atoms with Gasteiger partial charge in [-0.3, -0.25) is 9.59 Å². The van der Waals surface area contributed by atoms with E-state index in [0.29, 0.717) is 5.01 Å². The van der Waals surface area contributed by atoms with E-state index in [1.807, 2.05) is 30.5 Å². The van der Waals surface area contributed by atoms with Crippen molar-refractivity contribution in [3.63, 3.8) is 0 Å². The Morgan fingerprint density at radius 2 is 2.24 bits per heavy atom. The second-order valence-electron chi connectivity index (χ2n) is 6.69. The number of carbonyl (C=O) groups is 2. The normalized spacial score (nSPS) is 18.0. The summed E-state index contributed by atoms with van der Waals surface area (Å²) in [6.07, 6.45) is 1.13. The van der Waals surface area contributed by atoms with Crippen LogP contribution in [0.1, 0.15) is 16.9 Å². The van der Waals surface area contributed by atoms with Crippen molar-refractivity contribution in [2.24, 2.45) is 0 Å². The van der Waals surface area contributed by atoms with Gasteiger partial charge in [0.15, 0.2) is 0 Å². The fraction of sp³-hybridized carbons (Fsp3) is 0.263. The number of aromatic nitrogens is 2. The van der Waals surface area contributed by atoms with Crippen molar-refractivity contribution in [1.29, 1.82) is 5.26 Å². The molecule has 1 aromatic carbocycles. The first-order chi connectivity index (χ1) is 13.9. The number of nitrogens with zero attached hydrogens (tertiary/aromatic N) is 3. The molecule has 0 radical (unpaired) electrons. The van der Waals surface area contributed by atoms with Crippen LogP contribution in [-0.2, 0) is 4.79 Å². The molecule has 3 heterocycles. The van der Waals surface area contributed by atoms with Gasteiger partial charge in [-0.05, 0) is 12.1 Å². The molecule has 1 saturated heterocycles. The molecule has 29 heavy (non-hydrogen) atoms. The number of fused-ring (bicyclic) bond motifs is 1. The van der Waals surface area contributed by atoms with Gasteiger partial charge >= 0.3 is 0 Å². The van der Waals surface area contributed by atoms with Gasteiger partial charge < -0.3 is 15.2 Å². The average Bonchev–Trinajstić information content (AvgIpc) is 3.42. The summed E-state index contributed by atoms with van der Waals surface area (Å²) in [5.41, 5.74) is 1.96. The first kappa shape index (κ1) is 19.0. The molecule has 2 N–H and O–H groups in total. The number of alkyl halides is 2. The lowest BCUT2D eigenvalue weighted by molar-refractivity contribution is -0.131. The molecule has 4 rings (SSSR count). The van der Waals surface area contributed by atoms with Crippen LogP contribution in [0, 0.1) is 11.3 Å². The molecular weight excluding hydrogens is 400 g/mol. The lowest BCUT2D eigenvalue weighted by atomic mass is 10.1. The number of nitrogens with one attached hydrogen (secondary N) is 2. The van der Waals surface area contributed by atoms with Crippen LogP contribution >= 0.6 is 11.3 Å². The van der Waals surface area contributed by atoms with E-state index in [4.69, 9.17) is 5.26 Å². The van der Waals surface area contributed by atoms with E-state index < -0.39 is 43.3 Å². The van der Waals surface area contributed by atoms with Crippen molar-refractivity contribution >= 4 is 34.1 Å².